The maximum Gasteiger partial charge on any atom is 0.268 e. The fourth-order valence-electron chi connectivity index (χ4n) is 3.45. The molecule has 134 valence electrons. The van der Waals surface area contributed by atoms with Gasteiger partial charge in [-0.25, -0.2) is 0 Å². The molecular weight excluding hydrogens is 318 g/mol. The van der Waals surface area contributed by atoms with E-state index < -0.39 is 0 Å². The summed E-state index contributed by atoms with van der Waals surface area (Å²) < 4.78 is 12.8. The zero-order valence-corrected chi connectivity index (χ0v) is 14.9. The van der Waals surface area contributed by atoms with Gasteiger partial charge in [-0.1, -0.05) is 6.08 Å². The van der Waals surface area contributed by atoms with Crippen molar-refractivity contribution in [3.05, 3.63) is 53.8 Å². The van der Waals surface area contributed by atoms with E-state index in [-0.39, 0.29) is 5.91 Å². The van der Waals surface area contributed by atoms with Crippen molar-refractivity contribution >= 4 is 11.6 Å². The summed E-state index contributed by atoms with van der Waals surface area (Å²) in [5.74, 6) is 0.635. The van der Waals surface area contributed by atoms with Crippen LogP contribution in [0.25, 0.3) is 0 Å². The predicted octanol–water partition coefficient (Wildman–Crippen LogP) is 2.65. The van der Waals surface area contributed by atoms with Crippen molar-refractivity contribution in [1.82, 2.24) is 9.88 Å². The topological polar surface area (TPSA) is 59.6 Å². The molecule has 0 aromatic carbocycles. The number of nitrogens with zero attached hydrogens (tertiary/aromatic N) is 2. The van der Waals surface area contributed by atoms with Crippen molar-refractivity contribution in [2.24, 2.45) is 0 Å². The second-order valence-electron chi connectivity index (χ2n) is 6.17. The van der Waals surface area contributed by atoms with Gasteiger partial charge in [0, 0.05) is 30.9 Å². The Kier molecular flexibility index (Phi) is 5.28. The number of hydrogen-bond acceptors (Lipinski definition) is 4. The second kappa shape index (κ2) is 7.61. The lowest BCUT2D eigenvalue weighted by molar-refractivity contribution is 0.0938. The minimum Gasteiger partial charge on any atom is -0.467 e. The number of carbonyl (C=O) groups excluding carboxylic acids is 1. The predicted molar refractivity (Wildman–Crippen MR) is 97.0 cm³/mol. The molecule has 0 aliphatic carbocycles. The van der Waals surface area contributed by atoms with Crippen LogP contribution in [0.3, 0.4) is 0 Å². The summed E-state index contributed by atoms with van der Waals surface area (Å²) in [5, 5.41) is 2.95. The minimum atomic E-state index is -0.0987. The van der Waals surface area contributed by atoms with Gasteiger partial charge in [-0.15, -0.1) is 6.58 Å². The van der Waals surface area contributed by atoms with Gasteiger partial charge in [-0.2, -0.15) is 0 Å². The third-order valence-electron chi connectivity index (χ3n) is 4.59. The van der Waals surface area contributed by atoms with E-state index in [0.29, 0.717) is 32.0 Å². The molecule has 6 nitrogen and oxygen atoms in total. The number of morpholine rings is 1. The number of anilines is 1. The number of allylic oxidation sites excluding steroid dienone is 1. The summed E-state index contributed by atoms with van der Waals surface area (Å²) in [4.78, 5) is 15.2. The van der Waals surface area contributed by atoms with Crippen LogP contribution in [0.2, 0.25) is 0 Å². The molecule has 1 aliphatic heterocycles. The first-order valence-corrected chi connectivity index (χ1v) is 8.57. The first kappa shape index (κ1) is 17.4. The Morgan fingerprint density at radius 3 is 2.76 bits per heavy atom. The van der Waals surface area contributed by atoms with Gasteiger partial charge < -0.3 is 23.9 Å². The van der Waals surface area contributed by atoms with E-state index >= 15 is 0 Å². The van der Waals surface area contributed by atoms with E-state index in [9.17, 15) is 4.79 Å². The summed E-state index contributed by atoms with van der Waals surface area (Å²) in [5.41, 5.74) is 3.90. The number of hydrogen-bond donors (Lipinski definition) is 1. The van der Waals surface area contributed by atoms with Crippen molar-refractivity contribution in [3.8, 4) is 0 Å². The molecule has 0 unspecified atom stereocenters. The number of furan rings is 1. The first-order valence-electron chi connectivity index (χ1n) is 8.57. The molecule has 2 aromatic heterocycles. The standard InChI is InChI=1S/C19H25N3O3/c1-4-7-22-15(3)17(21-8-11-24-12-9-21)14(2)18(22)19(23)20-13-16-6-5-10-25-16/h4-6,10H,1,7-9,11-13H2,2-3H3,(H,20,23). The Morgan fingerprint density at radius 2 is 2.12 bits per heavy atom. The monoisotopic (exact) mass is 343 g/mol. The molecule has 3 rings (SSSR count). The Morgan fingerprint density at radius 1 is 1.36 bits per heavy atom. The Balaban J connectivity index is 1.90. The number of carbonyl (C=O) groups is 1. The molecule has 3 heterocycles. The molecule has 2 aromatic rings. The second-order valence-corrected chi connectivity index (χ2v) is 6.17. The Hall–Kier alpha value is -2.47. The SMILES string of the molecule is C=CCn1c(C)c(N2CCOCC2)c(C)c1C(=O)NCc1ccco1. The lowest BCUT2D eigenvalue weighted by Gasteiger charge is -2.29. The summed E-state index contributed by atoms with van der Waals surface area (Å²) in [7, 11) is 0. The van der Waals surface area contributed by atoms with E-state index in [4.69, 9.17) is 9.15 Å². The fraction of sp³-hybridized carbons (Fsp3) is 0.421. The molecule has 0 atom stereocenters. The molecule has 6 heteroatoms. The third kappa shape index (κ3) is 3.49. The van der Waals surface area contributed by atoms with Gasteiger partial charge in [0.25, 0.3) is 5.91 Å². The van der Waals surface area contributed by atoms with Gasteiger partial charge in [0.05, 0.1) is 31.7 Å². The van der Waals surface area contributed by atoms with Crippen LogP contribution in [0.1, 0.15) is 27.5 Å². The van der Waals surface area contributed by atoms with Crippen LogP contribution in [0, 0.1) is 13.8 Å². The first-order chi connectivity index (χ1) is 12.1. The Bertz CT molecular complexity index is 741. The van der Waals surface area contributed by atoms with Crippen molar-refractivity contribution in [1.29, 1.82) is 0 Å². The average molecular weight is 343 g/mol. The van der Waals surface area contributed by atoms with E-state index in [1.54, 1.807) is 6.26 Å². The molecule has 0 spiro atoms. The van der Waals surface area contributed by atoms with E-state index in [2.05, 4.69) is 23.7 Å². The van der Waals surface area contributed by atoms with Crippen molar-refractivity contribution in [2.45, 2.75) is 26.9 Å². The van der Waals surface area contributed by atoms with Crippen LogP contribution in [0.4, 0.5) is 5.69 Å². The van der Waals surface area contributed by atoms with Crippen LogP contribution in [0.15, 0.2) is 35.5 Å². The Labute approximate surface area is 148 Å². The molecule has 1 aliphatic rings. The quantitative estimate of drug-likeness (QED) is 0.819. The number of rotatable bonds is 6. The third-order valence-corrected chi connectivity index (χ3v) is 4.59. The van der Waals surface area contributed by atoms with Gasteiger partial charge >= 0.3 is 0 Å². The van der Waals surface area contributed by atoms with Crippen LogP contribution in [0.5, 0.6) is 0 Å². The normalized spacial score (nSPS) is 14.6. The maximum atomic E-state index is 12.9. The smallest absolute Gasteiger partial charge is 0.268 e. The van der Waals surface area contributed by atoms with Gasteiger partial charge in [0.15, 0.2) is 0 Å². The van der Waals surface area contributed by atoms with Crippen molar-refractivity contribution < 1.29 is 13.9 Å². The molecule has 0 radical (unpaired) electrons. The number of amides is 1. The molecular formula is C19H25N3O3. The highest BCUT2D eigenvalue weighted by atomic mass is 16.5. The molecule has 25 heavy (non-hydrogen) atoms. The zero-order valence-electron chi connectivity index (χ0n) is 14.9. The molecule has 0 saturated carbocycles. The number of nitrogens with one attached hydrogen (secondary N) is 1. The van der Waals surface area contributed by atoms with Crippen molar-refractivity contribution in [3.63, 3.8) is 0 Å². The van der Waals surface area contributed by atoms with Crippen LogP contribution in [-0.4, -0.2) is 36.8 Å². The number of ether oxygens (including phenoxy) is 1. The highest BCUT2D eigenvalue weighted by Gasteiger charge is 2.26. The minimum absolute atomic E-state index is 0.0987. The largest absolute Gasteiger partial charge is 0.467 e. The summed E-state index contributed by atoms with van der Waals surface area (Å²) in [6.45, 7) is 12.0. The van der Waals surface area contributed by atoms with Gasteiger partial charge in [0.2, 0.25) is 0 Å². The summed E-state index contributed by atoms with van der Waals surface area (Å²) in [6, 6.07) is 3.66. The lowest BCUT2D eigenvalue weighted by atomic mass is 10.2. The molecule has 1 amide bonds. The van der Waals surface area contributed by atoms with Crippen LogP contribution < -0.4 is 10.2 Å². The molecule has 1 N–H and O–H groups in total. The average Bonchev–Trinajstić information content (AvgIpc) is 3.21. The van der Waals surface area contributed by atoms with Crippen LogP contribution >= 0.6 is 0 Å². The van der Waals surface area contributed by atoms with E-state index in [0.717, 1.165) is 35.8 Å². The van der Waals surface area contributed by atoms with Gasteiger partial charge in [0.1, 0.15) is 11.5 Å². The van der Waals surface area contributed by atoms with E-state index in [1.807, 2.05) is 29.7 Å². The fourth-order valence-corrected chi connectivity index (χ4v) is 3.45. The van der Waals surface area contributed by atoms with Crippen LogP contribution in [-0.2, 0) is 17.8 Å². The maximum absolute atomic E-state index is 12.9. The summed E-state index contributed by atoms with van der Waals surface area (Å²) in [6.07, 6.45) is 3.42. The zero-order chi connectivity index (χ0) is 17.8. The number of aromatic nitrogens is 1. The summed E-state index contributed by atoms with van der Waals surface area (Å²) >= 11 is 0. The highest BCUT2D eigenvalue weighted by Crippen LogP contribution is 2.31. The van der Waals surface area contributed by atoms with Gasteiger partial charge in [-0.05, 0) is 26.0 Å². The lowest BCUT2D eigenvalue weighted by Crippen LogP contribution is -2.36. The molecule has 1 saturated heterocycles. The van der Waals surface area contributed by atoms with E-state index in [1.165, 1.54) is 0 Å². The van der Waals surface area contributed by atoms with Crippen molar-refractivity contribution in [2.75, 3.05) is 31.2 Å². The van der Waals surface area contributed by atoms with Gasteiger partial charge in [-0.3, -0.25) is 4.79 Å². The molecule has 0 bridgehead atoms. The molecule has 1 fully saturated rings. The highest BCUT2D eigenvalue weighted by molar-refractivity contribution is 5.96.